The number of epoxide rings is 1. The fourth-order valence-corrected chi connectivity index (χ4v) is 1.99. The topological polar surface area (TPSA) is 21.8 Å². The Morgan fingerprint density at radius 2 is 2.38 bits per heavy atom. The van der Waals surface area contributed by atoms with E-state index in [0.717, 1.165) is 6.61 Å². The number of ether oxygens (including phenoxy) is 2. The van der Waals surface area contributed by atoms with Crippen LogP contribution in [0.3, 0.4) is 0 Å². The summed E-state index contributed by atoms with van der Waals surface area (Å²) in [5.41, 5.74) is 0. The van der Waals surface area contributed by atoms with Crippen molar-refractivity contribution in [1.82, 2.24) is 0 Å². The Morgan fingerprint density at radius 1 is 1.54 bits per heavy atom. The maximum Gasteiger partial charge on any atom is 0.0845 e. The predicted molar refractivity (Wildman–Crippen MR) is 51.6 cm³/mol. The molecule has 4 atom stereocenters. The van der Waals surface area contributed by atoms with Gasteiger partial charge in [-0.3, -0.25) is 0 Å². The molecule has 74 valence electrons. The van der Waals surface area contributed by atoms with Gasteiger partial charge in [-0.25, -0.2) is 0 Å². The first-order chi connectivity index (χ1) is 6.29. The summed E-state index contributed by atoms with van der Waals surface area (Å²) in [5.74, 6) is 0.714. The van der Waals surface area contributed by atoms with Crippen molar-refractivity contribution in [1.29, 1.82) is 0 Å². The molecule has 1 saturated carbocycles. The van der Waals surface area contributed by atoms with E-state index in [-0.39, 0.29) is 6.10 Å². The molecule has 2 rings (SSSR count). The van der Waals surface area contributed by atoms with Crippen LogP contribution < -0.4 is 0 Å². The van der Waals surface area contributed by atoms with Crippen molar-refractivity contribution >= 4 is 0 Å². The zero-order chi connectivity index (χ0) is 9.26. The zero-order valence-electron chi connectivity index (χ0n) is 8.24. The summed E-state index contributed by atoms with van der Waals surface area (Å²) in [6.45, 7) is 6.61. The number of rotatable bonds is 4. The lowest BCUT2D eigenvalue weighted by molar-refractivity contribution is 0.0585. The van der Waals surface area contributed by atoms with E-state index in [0.29, 0.717) is 18.1 Å². The van der Waals surface area contributed by atoms with Gasteiger partial charge in [0.2, 0.25) is 0 Å². The molecule has 0 N–H and O–H groups in total. The normalized spacial score (nSPS) is 39.3. The van der Waals surface area contributed by atoms with Gasteiger partial charge in [-0.15, -0.1) is 6.58 Å². The first-order valence-electron chi connectivity index (χ1n) is 5.19. The zero-order valence-corrected chi connectivity index (χ0v) is 8.24. The van der Waals surface area contributed by atoms with E-state index in [9.17, 15) is 0 Å². The minimum Gasteiger partial charge on any atom is -0.374 e. The van der Waals surface area contributed by atoms with Crippen molar-refractivity contribution in [3.05, 3.63) is 12.7 Å². The van der Waals surface area contributed by atoms with Crippen molar-refractivity contribution in [3.63, 3.8) is 0 Å². The van der Waals surface area contributed by atoms with Crippen molar-refractivity contribution in [2.24, 2.45) is 5.92 Å². The highest BCUT2D eigenvalue weighted by atomic mass is 16.6. The summed E-state index contributed by atoms with van der Waals surface area (Å²) in [4.78, 5) is 0. The lowest BCUT2D eigenvalue weighted by Gasteiger charge is -2.20. The van der Waals surface area contributed by atoms with Gasteiger partial charge in [0.25, 0.3) is 0 Å². The maximum absolute atomic E-state index is 5.62. The quantitative estimate of drug-likeness (QED) is 0.491. The molecule has 0 radical (unpaired) electrons. The molecular formula is C11H18O2. The van der Waals surface area contributed by atoms with Crippen LogP contribution >= 0.6 is 0 Å². The molecule has 0 spiro atoms. The van der Waals surface area contributed by atoms with Crippen LogP contribution in [0, 0.1) is 5.92 Å². The highest BCUT2D eigenvalue weighted by molar-refractivity contribution is 4.92. The predicted octanol–water partition coefficient (Wildman–Crippen LogP) is 2.14. The van der Waals surface area contributed by atoms with Crippen LogP contribution in [0.2, 0.25) is 0 Å². The van der Waals surface area contributed by atoms with Gasteiger partial charge in [-0.2, -0.15) is 0 Å². The molecule has 1 saturated heterocycles. The summed E-state index contributed by atoms with van der Waals surface area (Å²) in [6.07, 6.45) is 6.92. The van der Waals surface area contributed by atoms with Crippen molar-refractivity contribution in [2.75, 3.05) is 6.61 Å². The standard InChI is InChI=1S/C11H18O2/c1-3-8(2)12-7-9-4-5-10-11(6-9)13-10/h3,8-11H,1,4-7H2,2H3. The summed E-state index contributed by atoms with van der Waals surface area (Å²) in [6, 6.07) is 0. The minimum absolute atomic E-state index is 0.192. The van der Waals surface area contributed by atoms with Crippen LogP contribution in [0.15, 0.2) is 12.7 Å². The molecule has 13 heavy (non-hydrogen) atoms. The SMILES string of the molecule is C=CC(C)OCC1CCC2OC2C1. The van der Waals surface area contributed by atoms with E-state index in [1.807, 2.05) is 13.0 Å². The molecule has 0 amide bonds. The van der Waals surface area contributed by atoms with E-state index in [1.54, 1.807) is 0 Å². The summed E-state index contributed by atoms with van der Waals surface area (Å²) in [7, 11) is 0. The average Bonchev–Trinajstić information content (AvgIpc) is 2.91. The monoisotopic (exact) mass is 182 g/mol. The molecule has 2 aliphatic rings. The van der Waals surface area contributed by atoms with Gasteiger partial charge in [0.05, 0.1) is 24.9 Å². The van der Waals surface area contributed by atoms with Gasteiger partial charge in [-0.05, 0) is 32.1 Å². The molecule has 2 nitrogen and oxygen atoms in total. The largest absolute Gasteiger partial charge is 0.374 e. The first kappa shape index (κ1) is 9.22. The summed E-state index contributed by atoms with van der Waals surface area (Å²) in [5, 5.41) is 0. The van der Waals surface area contributed by atoms with E-state index in [1.165, 1.54) is 19.3 Å². The third-order valence-corrected chi connectivity index (χ3v) is 3.04. The smallest absolute Gasteiger partial charge is 0.0845 e. The van der Waals surface area contributed by atoms with Crippen molar-refractivity contribution < 1.29 is 9.47 Å². The van der Waals surface area contributed by atoms with Crippen molar-refractivity contribution in [2.45, 2.75) is 44.5 Å². The second-order valence-corrected chi connectivity index (χ2v) is 4.17. The fourth-order valence-electron chi connectivity index (χ4n) is 1.99. The molecule has 1 aliphatic heterocycles. The third-order valence-electron chi connectivity index (χ3n) is 3.04. The summed E-state index contributed by atoms with van der Waals surface area (Å²) < 4.78 is 11.1. The minimum atomic E-state index is 0.192. The Labute approximate surface area is 79.9 Å². The molecular weight excluding hydrogens is 164 g/mol. The van der Waals surface area contributed by atoms with Crippen molar-refractivity contribution in [3.8, 4) is 0 Å². The van der Waals surface area contributed by atoms with Crippen LogP contribution in [0.5, 0.6) is 0 Å². The molecule has 0 bridgehead atoms. The Kier molecular flexibility index (Phi) is 2.70. The average molecular weight is 182 g/mol. The molecule has 0 aromatic carbocycles. The van der Waals surface area contributed by atoms with Gasteiger partial charge in [0.15, 0.2) is 0 Å². The second kappa shape index (κ2) is 3.81. The maximum atomic E-state index is 5.62. The van der Waals surface area contributed by atoms with E-state index in [2.05, 4.69) is 6.58 Å². The Balaban J connectivity index is 1.66. The molecule has 1 aliphatic carbocycles. The van der Waals surface area contributed by atoms with Crippen LogP contribution in [0.25, 0.3) is 0 Å². The lowest BCUT2D eigenvalue weighted by atomic mass is 9.90. The van der Waals surface area contributed by atoms with Gasteiger partial charge in [0.1, 0.15) is 0 Å². The van der Waals surface area contributed by atoms with Gasteiger partial charge >= 0.3 is 0 Å². The van der Waals surface area contributed by atoms with Crippen LogP contribution in [-0.2, 0) is 9.47 Å². The Bertz CT molecular complexity index is 191. The van der Waals surface area contributed by atoms with E-state index < -0.39 is 0 Å². The third kappa shape index (κ3) is 2.32. The fraction of sp³-hybridized carbons (Fsp3) is 0.818. The number of hydrogen-bond acceptors (Lipinski definition) is 2. The number of hydrogen-bond donors (Lipinski definition) is 0. The molecule has 2 fully saturated rings. The van der Waals surface area contributed by atoms with Crippen LogP contribution in [-0.4, -0.2) is 24.9 Å². The first-order valence-corrected chi connectivity index (χ1v) is 5.19. The van der Waals surface area contributed by atoms with Gasteiger partial charge < -0.3 is 9.47 Å². The lowest BCUT2D eigenvalue weighted by Crippen LogP contribution is -2.20. The molecule has 1 heterocycles. The molecule has 4 unspecified atom stereocenters. The Morgan fingerprint density at radius 3 is 3.08 bits per heavy atom. The van der Waals surface area contributed by atoms with Crippen LogP contribution in [0.1, 0.15) is 26.2 Å². The second-order valence-electron chi connectivity index (χ2n) is 4.17. The number of fused-ring (bicyclic) bond motifs is 1. The molecule has 0 aromatic rings. The Hall–Kier alpha value is -0.340. The molecule has 2 heteroatoms. The van der Waals surface area contributed by atoms with Gasteiger partial charge in [-0.1, -0.05) is 6.08 Å². The highest BCUT2D eigenvalue weighted by Crippen LogP contribution is 2.39. The van der Waals surface area contributed by atoms with E-state index >= 15 is 0 Å². The van der Waals surface area contributed by atoms with E-state index in [4.69, 9.17) is 9.47 Å². The molecule has 0 aromatic heterocycles. The summed E-state index contributed by atoms with van der Waals surface area (Å²) >= 11 is 0. The van der Waals surface area contributed by atoms with Crippen LogP contribution in [0.4, 0.5) is 0 Å². The van der Waals surface area contributed by atoms with Gasteiger partial charge in [0, 0.05) is 0 Å². The highest BCUT2D eigenvalue weighted by Gasteiger charge is 2.43.